The van der Waals surface area contributed by atoms with Gasteiger partial charge in [-0.2, -0.15) is 11.3 Å². The van der Waals surface area contributed by atoms with Crippen LogP contribution in [-0.2, 0) is 13.1 Å². The Morgan fingerprint density at radius 1 is 1.21 bits per heavy atom. The van der Waals surface area contributed by atoms with Crippen molar-refractivity contribution in [3.05, 3.63) is 43.2 Å². The Hall–Kier alpha value is -0.160. The minimum absolute atomic E-state index is 0.939. The maximum Gasteiger partial charge on any atom is 0.0327 e. The van der Waals surface area contributed by atoms with Crippen LogP contribution < -0.4 is 5.32 Å². The van der Waals surface area contributed by atoms with E-state index in [4.69, 9.17) is 0 Å². The minimum Gasteiger partial charge on any atom is -0.308 e. The average molecular weight is 288 g/mol. The van der Waals surface area contributed by atoms with Crippen molar-refractivity contribution < 1.29 is 0 Å². The van der Waals surface area contributed by atoms with E-state index in [1.807, 2.05) is 0 Å². The molecule has 2 aromatic rings. The molecule has 0 saturated heterocycles. The number of hydrogen-bond acceptors (Lipinski definition) is 3. The molecule has 0 spiro atoms. The van der Waals surface area contributed by atoms with Crippen molar-refractivity contribution >= 4 is 38.6 Å². The highest BCUT2D eigenvalue weighted by Crippen LogP contribution is 2.22. The van der Waals surface area contributed by atoms with Gasteiger partial charge in [0.1, 0.15) is 0 Å². The van der Waals surface area contributed by atoms with Gasteiger partial charge in [-0.25, -0.2) is 0 Å². The summed E-state index contributed by atoms with van der Waals surface area (Å²) < 4.78 is 1.21. The summed E-state index contributed by atoms with van der Waals surface area (Å²) in [6, 6.07) is 4.24. The van der Waals surface area contributed by atoms with Crippen LogP contribution in [-0.4, -0.2) is 0 Å². The first-order chi connectivity index (χ1) is 6.86. The lowest BCUT2D eigenvalue weighted by Gasteiger charge is -2.01. The second-order valence-corrected chi connectivity index (χ2v) is 5.56. The Labute approximate surface area is 99.9 Å². The second kappa shape index (κ2) is 5.07. The number of hydrogen-bond donors (Lipinski definition) is 1. The fourth-order valence-corrected chi connectivity index (χ4v) is 3.30. The number of nitrogens with one attached hydrogen (secondary N) is 1. The Balaban J connectivity index is 1.81. The topological polar surface area (TPSA) is 12.0 Å². The summed E-state index contributed by atoms with van der Waals surface area (Å²) in [5.41, 5.74) is 1.36. The Morgan fingerprint density at radius 2 is 2.14 bits per heavy atom. The van der Waals surface area contributed by atoms with Crippen LogP contribution in [0.4, 0.5) is 0 Å². The van der Waals surface area contributed by atoms with Gasteiger partial charge in [0.2, 0.25) is 0 Å². The Bertz CT molecular complexity index is 380. The molecule has 0 amide bonds. The van der Waals surface area contributed by atoms with E-state index < -0.39 is 0 Å². The summed E-state index contributed by atoms with van der Waals surface area (Å²) in [5, 5.41) is 9.81. The van der Waals surface area contributed by atoms with Crippen LogP contribution >= 0.6 is 38.6 Å². The predicted molar refractivity (Wildman–Crippen MR) is 66.9 cm³/mol. The van der Waals surface area contributed by atoms with Crippen molar-refractivity contribution in [2.75, 3.05) is 0 Å². The lowest BCUT2D eigenvalue weighted by molar-refractivity contribution is 0.701. The monoisotopic (exact) mass is 287 g/mol. The summed E-state index contributed by atoms with van der Waals surface area (Å²) >= 11 is 7.04. The third-order valence-corrected chi connectivity index (χ3v) is 4.54. The number of rotatable bonds is 4. The second-order valence-electron chi connectivity index (χ2n) is 2.93. The Kier molecular flexibility index (Phi) is 3.75. The Morgan fingerprint density at radius 3 is 2.79 bits per heavy atom. The molecule has 0 aliphatic heterocycles. The van der Waals surface area contributed by atoms with Crippen molar-refractivity contribution in [1.29, 1.82) is 0 Å². The maximum absolute atomic E-state index is 3.52. The van der Waals surface area contributed by atoms with Crippen molar-refractivity contribution in [3.63, 3.8) is 0 Å². The van der Waals surface area contributed by atoms with E-state index in [0.29, 0.717) is 0 Å². The highest BCUT2D eigenvalue weighted by atomic mass is 79.9. The van der Waals surface area contributed by atoms with Gasteiger partial charge in [0, 0.05) is 22.4 Å². The molecular formula is C10H10BrNS2. The van der Waals surface area contributed by atoms with Gasteiger partial charge in [-0.05, 0) is 49.8 Å². The summed E-state index contributed by atoms with van der Waals surface area (Å²) in [6.45, 7) is 1.89. The van der Waals surface area contributed by atoms with E-state index in [1.54, 1.807) is 22.7 Å². The molecule has 74 valence electrons. The van der Waals surface area contributed by atoms with Crippen molar-refractivity contribution in [2.24, 2.45) is 0 Å². The van der Waals surface area contributed by atoms with Crippen LogP contribution in [0.1, 0.15) is 10.4 Å². The van der Waals surface area contributed by atoms with Crippen molar-refractivity contribution in [2.45, 2.75) is 13.1 Å². The van der Waals surface area contributed by atoms with E-state index >= 15 is 0 Å². The van der Waals surface area contributed by atoms with Crippen LogP contribution in [0, 0.1) is 0 Å². The lowest BCUT2D eigenvalue weighted by Crippen LogP contribution is -2.11. The smallest absolute Gasteiger partial charge is 0.0327 e. The van der Waals surface area contributed by atoms with Gasteiger partial charge in [-0.15, -0.1) is 11.3 Å². The van der Waals surface area contributed by atoms with Crippen LogP contribution in [0.3, 0.4) is 0 Å². The minimum atomic E-state index is 0.939. The quantitative estimate of drug-likeness (QED) is 0.900. The third-order valence-electron chi connectivity index (χ3n) is 1.89. The normalized spacial score (nSPS) is 10.6. The van der Waals surface area contributed by atoms with Gasteiger partial charge in [0.25, 0.3) is 0 Å². The lowest BCUT2D eigenvalue weighted by atomic mass is 10.3. The summed E-state index contributed by atoms with van der Waals surface area (Å²) in [4.78, 5) is 1.36. The molecule has 0 aliphatic rings. The third kappa shape index (κ3) is 2.67. The van der Waals surface area contributed by atoms with Crippen LogP contribution in [0.25, 0.3) is 0 Å². The van der Waals surface area contributed by atoms with E-state index in [1.165, 1.54) is 14.9 Å². The van der Waals surface area contributed by atoms with Gasteiger partial charge in [0.15, 0.2) is 0 Å². The zero-order chi connectivity index (χ0) is 9.80. The molecule has 0 aromatic carbocycles. The highest BCUT2D eigenvalue weighted by molar-refractivity contribution is 9.10. The largest absolute Gasteiger partial charge is 0.308 e. The summed E-state index contributed by atoms with van der Waals surface area (Å²) in [7, 11) is 0. The van der Waals surface area contributed by atoms with Crippen molar-refractivity contribution in [1.82, 2.24) is 5.32 Å². The summed E-state index contributed by atoms with van der Waals surface area (Å²) in [5.74, 6) is 0. The SMILES string of the molecule is Brc1ccsc1CNCc1ccsc1. The molecule has 1 N–H and O–H groups in total. The first-order valence-corrected chi connectivity index (χ1v) is 6.91. The summed E-state index contributed by atoms with van der Waals surface area (Å²) in [6.07, 6.45) is 0. The molecule has 14 heavy (non-hydrogen) atoms. The van der Waals surface area contributed by atoms with Gasteiger partial charge >= 0.3 is 0 Å². The molecule has 0 atom stereocenters. The molecule has 4 heteroatoms. The molecule has 0 fully saturated rings. The molecule has 2 rings (SSSR count). The molecule has 0 aliphatic carbocycles. The molecule has 0 radical (unpaired) electrons. The fourth-order valence-electron chi connectivity index (χ4n) is 1.16. The molecule has 0 unspecified atom stereocenters. The molecule has 1 nitrogen and oxygen atoms in total. The van der Waals surface area contributed by atoms with E-state index in [9.17, 15) is 0 Å². The predicted octanol–water partition coefficient (Wildman–Crippen LogP) is 3.86. The molecule has 0 saturated carbocycles. The first-order valence-electron chi connectivity index (χ1n) is 4.30. The standard InChI is InChI=1S/C10H10BrNS2/c11-9-2-4-14-10(9)6-12-5-8-1-3-13-7-8/h1-4,7,12H,5-6H2. The average Bonchev–Trinajstić information content (AvgIpc) is 2.78. The molecule has 2 aromatic heterocycles. The van der Waals surface area contributed by atoms with Gasteiger partial charge in [-0.3, -0.25) is 0 Å². The van der Waals surface area contributed by atoms with Gasteiger partial charge in [-0.1, -0.05) is 0 Å². The number of thiophene rings is 2. The maximum atomic E-state index is 3.52. The molecular weight excluding hydrogens is 278 g/mol. The number of halogens is 1. The van der Waals surface area contributed by atoms with Crippen molar-refractivity contribution in [3.8, 4) is 0 Å². The fraction of sp³-hybridized carbons (Fsp3) is 0.200. The molecule has 0 bridgehead atoms. The van der Waals surface area contributed by atoms with Gasteiger partial charge < -0.3 is 5.32 Å². The zero-order valence-corrected chi connectivity index (χ0v) is 10.7. The molecule has 2 heterocycles. The highest BCUT2D eigenvalue weighted by Gasteiger charge is 2.00. The van der Waals surface area contributed by atoms with Crippen LogP contribution in [0.15, 0.2) is 32.7 Å². The zero-order valence-electron chi connectivity index (χ0n) is 7.50. The van der Waals surface area contributed by atoms with E-state index in [0.717, 1.165) is 13.1 Å². The van der Waals surface area contributed by atoms with Crippen LogP contribution in [0.5, 0.6) is 0 Å². The first kappa shape index (κ1) is 10.4. The van der Waals surface area contributed by atoms with E-state index in [2.05, 4.69) is 49.5 Å². The van der Waals surface area contributed by atoms with Gasteiger partial charge in [0.05, 0.1) is 0 Å². The van der Waals surface area contributed by atoms with E-state index in [-0.39, 0.29) is 0 Å². The van der Waals surface area contributed by atoms with Crippen LogP contribution in [0.2, 0.25) is 0 Å².